The van der Waals surface area contributed by atoms with Gasteiger partial charge in [0, 0.05) is 11.9 Å². The van der Waals surface area contributed by atoms with Gasteiger partial charge in [0.15, 0.2) is 0 Å². The fourth-order valence-electron chi connectivity index (χ4n) is 3.27. The fraction of sp³-hybridized carbons (Fsp3) is 0.167. The first kappa shape index (κ1) is 21.5. The second-order valence-corrected chi connectivity index (χ2v) is 8.14. The lowest BCUT2D eigenvalue weighted by molar-refractivity contribution is 0.624. The van der Waals surface area contributed by atoms with Crippen molar-refractivity contribution in [2.75, 3.05) is 11.1 Å². The lowest BCUT2D eigenvalue weighted by Crippen LogP contribution is -2.00. The number of aromatic nitrogens is 4. The first-order valence-corrected chi connectivity index (χ1v) is 11.2. The smallest absolute Gasteiger partial charge is 0.227 e. The topological polar surface area (TPSA) is 79.4 Å². The molecule has 0 bridgehead atoms. The molecule has 0 saturated heterocycles. The molecule has 2 aromatic carbocycles. The Balaban J connectivity index is 1.73. The standard InChI is InChI=1S/C24H21FN6S/c1-3-13-32-23-22(16(2)31(30-23)19-7-5-4-6-8-19)21-11-12-27-24(29-21)28-18-9-10-20(25)17(14-18)15-26/h4-12,14H,3,13H2,1-2H3,(H,27,28,29). The number of rotatable bonds is 7. The van der Waals surface area contributed by atoms with E-state index in [0.29, 0.717) is 11.6 Å². The first-order valence-electron chi connectivity index (χ1n) is 10.2. The van der Waals surface area contributed by atoms with E-state index >= 15 is 0 Å². The molecule has 6 nitrogen and oxygen atoms in total. The number of benzene rings is 2. The second kappa shape index (κ2) is 9.62. The molecule has 0 aliphatic heterocycles. The van der Waals surface area contributed by atoms with Gasteiger partial charge >= 0.3 is 0 Å². The predicted octanol–water partition coefficient (Wildman–Crippen LogP) is 5.89. The van der Waals surface area contributed by atoms with Crippen LogP contribution in [0.1, 0.15) is 24.6 Å². The third-order valence-corrected chi connectivity index (χ3v) is 5.95. The molecule has 2 heterocycles. The average molecular weight is 445 g/mol. The van der Waals surface area contributed by atoms with Gasteiger partial charge in [-0.25, -0.2) is 19.0 Å². The third-order valence-electron chi connectivity index (χ3n) is 4.78. The average Bonchev–Trinajstić information content (AvgIpc) is 3.15. The van der Waals surface area contributed by atoms with Crippen molar-refractivity contribution in [1.29, 1.82) is 5.26 Å². The van der Waals surface area contributed by atoms with Crippen LogP contribution in [0.2, 0.25) is 0 Å². The molecule has 0 aliphatic rings. The number of hydrogen-bond acceptors (Lipinski definition) is 6. The number of thioether (sulfide) groups is 1. The van der Waals surface area contributed by atoms with Gasteiger partial charge in [0.25, 0.3) is 0 Å². The summed E-state index contributed by atoms with van der Waals surface area (Å²) in [7, 11) is 0. The van der Waals surface area contributed by atoms with Gasteiger partial charge in [-0.05, 0) is 55.5 Å². The molecule has 0 radical (unpaired) electrons. The van der Waals surface area contributed by atoms with Gasteiger partial charge in [-0.2, -0.15) is 10.4 Å². The Kier molecular flexibility index (Phi) is 6.47. The normalized spacial score (nSPS) is 10.7. The summed E-state index contributed by atoms with van der Waals surface area (Å²) in [4.78, 5) is 8.98. The minimum atomic E-state index is -0.561. The Bertz CT molecular complexity index is 1280. The van der Waals surface area contributed by atoms with Crippen LogP contribution in [0.4, 0.5) is 16.0 Å². The van der Waals surface area contributed by atoms with E-state index in [1.54, 1.807) is 24.0 Å². The van der Waals surface area contributed by atoms with Crippen molar-refractivity contribution < 1.29 is 4.39 Å². The number of hydrogen-bond donors (Lipinski definition) is 1. The van der Waals surface area contributed by atoms with Gasteiger partial charge in [-0.15, -0.1) is 11.8 Å². The molecule has 4 rings (SSSR count). The highest BCUT2D eigenvalue weighted by molar-refractivity contribution is 7.99. The zero-order valence-corrected chi connectivity index (χ0v) is 18.5. The van der Waals surface area contributed by atoms with Crippen LogP contribution >= 0.6 is 11.8 Å². The van der Waals surface area contributed by atoms with Crippen LogP contribution in [0, 0.1) is 24.1 Å². The maximum atomic E-state index is 13.6. The molecule has 1 N–H and O–H groups in total. The van der Waals surface area contributed by atoms with Crippen LogP contribution in [0.5, 0.6) is 0 Å². The van der Waals surface area contributed by atoms with E-state index in [1.165, 1.54) is 12.1 Å². The monoisotopic (exact) mass is 444 g/mol. The first-order chi connectivity index (χ1) is 15.6. The van der Waals surface area contributed by atoms with Gasteiger partial charge in [-0.1, -0.05) is 25.1 Å². The highest BCUT2D eigenvalue weighted by Crippen LogP contribution is 2.34. The molecule has 0 unspecified atom stereocenters. The van der Waals surface area contributed by atoms with Gasteiger partial charge in [0.2, 0.25) is 5.95 Å². The maximum Gasteiger partial charge on any atom is 0.227 e. The van der Waals surface area contributed by atoms with Crippen molar-refractivity contribution in [2.24, 2.45) is 0 Å². The highest BCUT2D eigenvalue weighted by Gasteiger charge is 2.19. The number of nitriles is 1. The Morgan fingerprint density at radius 1 is 1.16 bits per heavy atom. The molecule has 160 valence electrons. The zero-order chi connectivity index (χ0) is 22.5. The highest BCUT2D eigenvalue weighted by atomic mass is 32.2. The van der Waals surface area contributed by atoms with Gasteiger partial charge in [0.05, 0.1) is 28.2 Å². The minimum Gasteiger partial charge on any atom is -0.324 e. The van der Waals surface area contributed by atoms with Crippen LogP contribution in [-0.4, -0.2) is 25.5 Å². The van der Waals surface area contributed by atoms with Crippen LogP contribution in [0.15, 0.2) is 65.8 Å². The summed E-state index contributed by atoms with van der Waals surface area (Å²) in [6.07, 6.45) is 2.71. The molecule has 0 amide bonds. The summed E-state index contributed by atoms with van der Waals surface area (Å²) in [5.74, 6) is 0.742. The fourth-order valence-corrected chi connectivity index (χ4v) is 4.20. The summed E-state index contributed by atoms with van der Waals surface area (Å²) >= 11 is 1.70. The van der Waals surface area contributed by atoms with Gasteiger partial charge in [0.1, 0.15) is 16.9 Å². The third kappa shape index (κ3) is 4.48. The van der Waals surface area contributed by atoms with E-state index in [4.69, 9.17) is 10.4 Å². The minimum absolute atomic E-state index is 0.0376. The van der Waals surface area contributed by atoms with E-state index in [9.17, 15) is 4.39 Å². The molecule has 0 spiro atoms. The molecule has 2 aromatic heterocycles. The summed E-state index contributed by atoms with van der Waals surface area (Å²) in [5.41, 5.74) is 4.16. The van der Waals surface area contributed by atoms with Crippen LogP contribution in [0.25, 0.3) is 16.9 Å². The molecular weight excluding hydrogens is 423 g/mol. The molecule has 8 heteroatoms. The Morgan fingerprint density at radius 2 is 1.97 bits per heavy atom. The molecule has 0 aliphatic carbocycles. The largest absolute Gasteiger partial charge is 0.324 e. The lowest BCUT2D eigenvalue weighted by atomic mass is 10.2. The second-order valence-electron chi connectivity index (χ2n) is 7.06. The molecule has 0 fully saturated rings. The molecular formula is C24H21FN6S. The number of anilines is 2. The zero-order valence-electron chi connectivity index (χ0n) is 17.7. The van der Waals surface area contributed by atoms with E-state index in [0.717, 1.165) is 39.8 Å². The lowest BCUT2D eigenvalue weighted by Gasteiger charge is -2.08. The molecule has 32 heavy (non-hydrogen) atoms. The van der Waals surface area contributed by atoms with E-state index in [1.807, 2.05) is 54.1 Å². The quantitative estimate of drug-likeness (QED) is 0.358. The van der Waals surface area contributed by atoms with Crippen LogP contribution in [-0.2, 0) is 0 Å². The van der Waals surface area contributed by atoms with Gasteiger partial charge in [-0.3, -0.25) is 0 Å². The summed E-state index contributed by atoms with van der Waals surface area (Å²) in [6.45, 7) is 4.17. The van der Waals surface area contributed by atoms with Crippen molar-refractivity contribution in [3.63, 3.8) is 0 Å². The Labute approximate surface area is 190 Å². The van der Waals surface area contributed by atoms with Crippen molar-refractivity contribution in [3.8, 4) is 23.0 Å². The predicted molar refractivity (Wildman–Crippen MR) is 125 cm³/mol. The number of nitrogens with zero attached hydrogens (tertiary/aromatic N) is 5. The van der Waals surface area contributed by atoms with Crippen LogP contribution in [0.3, 0.4) is 0 Å². The Morgan fingerprint density at radius 3 is 2.72 bits per heavy atom. The van der Waals surface area contributed by atoms with E-state index < -0.39 is 5.82 Å². The van der Waals surface area contributed by atoms with Crippen LogP contribution < -0.4 is 5.32 Å². The van der Waals surface area contributed by atoms with E-state index in [-0.39, 0.29) is 5.56 Å². The van der Waals surface area contributed by atoms with Crippen molar-refractivity contribution >= 4 is 23.4 Å². The summed E-state index contributed by atoms with van der Waals surface area (Å²) in [5, 5.41) is 17.9. The number of para-hydroxylation sites is 1. The molecule has 0 saturated carbocycles. The van der Waals surface area contributed by atoms with Crippen molar-refractivity contribution in [1.82, 2.24) is 19.7 Å². The maximum absolute atomic E-state index is 13.6. The van der Waals surface area contributed by atoms with E-state index in [2.05, 4.69) is 22.2 Å². The van der Waals surface area contributed by atoms with Crippen molar-refractivity contribution in [3.05, 3.63) is 77.9 Å². The summed E-state index contributed by atoms with van der Waals surface area (Å²) in [6, 6.07) is 17.9. The molecule has 4 aromatic rings. The number of halogens is 1. The Hall–Kier alpha value is -3.70. The van der Waals surface area contributed by atoms with Crippen molar-refractivity contribution in [2.45, 2.75) is 25.3 Å². The van der Waals surface area contributed by atoms with Gasteiger partial charge < -0.3 is 5.32 Å². The summed E-state index contributed by atoms with van der Waals surface area (Å²) < 4.78 is 15.6. The number of nitrogens with one attached hydrogen (secondary N) is 1. The SMILES string of the molecule is CCCSc1nn(-c2ccccc2)c(C)c1-c1ccnc(Nc2ccc(F)c(C#N)c2)n1. The molecule has 0 atom stereocenters.